The van der Waals surface area contributed by atoms with Crippen LogP contribution in [0.15, 0.2) is 24.3 Å². The van der Waals surface area contributed by atoms with Gasteiger partial charge in [0.2, 0.25) is 0 Å². The molecule has 0 bridgehead atoms. The molecule has 0 N–H and O–H groups in total. The first-order chi connectivity index (χ1) is 5.24. The van der Waals surface area contributed by atoms with Crippen LogP contribution in [0.5, 0.6) is 0 Å². The van der Waals surface area contributed by atoms with Crippen molar-refractivity contribution in [3.8, 4) is 0 Å². The molecule has 1 unspecified atom stereocenters. The highest BCUT2D eigenvalue weighted by Crippen LogP contribution is 2.20. The lowest BCUT2D eigenvalue weighted by Gasteiger charge is -2.07. The second kappa shape index (κ2) is 4.31. The third-order valence-electron chi connectivity index (χ3n) is 1.65. The van der Waals surface area contributed by atoms with Gasteiger partial charge in [-0.25, -0.2) is 0 Å². The van der Waals surface area contributed by atoms with Crippen LogP contribution in [0.4, 0.5) is 0 Å². The zero-order valence-electron chi connectivity index (χ0n) is 6.35. The summed E-state index contributed by atoms with van der Waals surface area (Å²) in [5.74, 6) is 0.606. The molecular formula is C9H10ClI. The highest BCUT2D eigenvalue weighted by molar-refractivity contribution is 14.1. The lowest BCUT2D eigenvalue weighted by atomic mass is 10.0. The van der Waals surface area contributed by atoms with Crippen LogP contribution in [0.1, 0.15) is 18.4 Å². The lowest BCUT2D eigenvalue weighted by Crippen LogP contribution is -1.92. The molecule has 0 nitrogen and oxygen atoms in total. The monoisotopic (exact) mass is 280 g/mol. The Hall–Kier alpha value is 0.240. The second-order valence-electron chi connectivity index (χ2n) is 2.61. The van der Waals surface area contributed by atoms with Crippen molar-refractivity contribution in [3.05, 3.63) is 34.9 Å². The summed E-state index contributed by atoms with van der Waals surface area (Å²) < 4.78 is 1.14. The van der Waals surface area contributed by atoms with E-state index in [0.29, 0.717) is 5.92 Å². The maximum absolute atomic E-state index is 5.84. The highest BCUT2D eigenvalue weighted by atomic mass is 127. The van der Waals surface area contributed by atoms with Gasteiger partial charge in [-0.2, -0.15) is 0 Å². The van der Waals surface area contributed by atoms with Crippen molar-refractivity contribution in [1.29, 1.82) is 0 Å². The Morgan fingerprint density at radius 2 is 2.27 bits per heavy atom. The normalized spacial score (nSPS) is 13.0. The van der Waals surface area contributed by atoms with Gasteiger partial charge in [-0.05, 0) is 23.6 Å². The number of hydrogen-bond acceptors (Lipinski definition) is 0. The molecule has 0 radical (unpaired) electrons. The molecule has 1 aromatic carbocycles. The topological polar surface area (TPSA) is 0 Å². The van der Waals surface area contributed by atoms with Gasteiger partial charge in [-0.1, -0.05) is 53.2 Å². The molecule has 1 rings (SSSR count). The van der Waals surface area contributed by atoms with Crippen molar-refractivity contribution in [3.63, 3.8) is 0 Å². The molecule has 0 saturated heterocycles. The Balaban J connectivity index is 2.86. The molecule has 11 heavy (non-hydrogen) atoms. The predicted molar refractivity (Wildman–Crippen MR) is 58.8 cm³/mol. The van der Waals surface area contributed by atoms with Gasteiger partial charge in [0.1, 0.15) is 0 Å². The Bertz CT molecular complexity index is 235. The Labute approximate surface area is 86.1 Å². The van der Waals surface area contributed by atoms with E-state index in [1.165, 1.54) is 5.56 Å². The van der Waals surface area contributed by atoms with Crippen LogP contribution >= 0.6 is 34.2 Å². The molecule has 0 aromatic heterocycles. The van der Waals surface area contributed by atoms with Crippen LogP contribution in [0.3, 0.4) is 0 Å². The Kier molecular flexibility index (Phi) is 3.66. The van der Waals surface area contributed by atoms with Crippen LogP contribution in [-0.4, -0.2) is 4.43 Å². The van der Waals surface area contributed by atoms with Crippen LogP contribution in [0.25, 0.3) is 0 Å². The van der Waals surface area contributed by atoms with Crippen LogP contribution in [0, 0.1) is 0 Å². The molecule has 0 saturated carbocycles. The summed E-state index contributed by atoms with van der Waals surface area (Å²) in [6.07, 6.45) is 0. The second-order valence-corrected chi connectivity index (χ2v) is 3.93. The van der Waals surface area contributed by atoms with Crippen molar-refractivity contribution < 1.29 is 0 Å². The fraction of sp³-hybridized carbons (Fsp3) is 0.333. The van der Waals surface area contributed by atoms with E-state index < -0.39 is 0 Å². The van der Waals surface area contributed by atoms with Gasteiger partial charge in [-0.15, -0.1) is 0 Å². The van der Waals surface area contributed by atoms with E-state index >= 15 is 0 Å². The zero-order chi connectivity index (χ0) is 8.27. The van der Waals surface area contributed by atoms with E-state index in [9.17, 15) is 0 Å². The summed E-state index contributed by atoms with van der Waals surface area (Å²) in [6, 6.07) is 8.06. The average Bonchev–Trinajstić information content (AvgIpc) is 2.03. The quantitative estimate of drug-likeness (QED) is 0.570. The standard InChI is InChI=1S/C9H10ClI/c1-7(6-11)8-3-2-4-9(10)5-8/h2-5,7H,6H2,1H3. The van der Waals surface area contributed by atoms with Gasteiger partial charge in [0.05, 0.1) is 0 Å². The minimum Gasteiger partial charge on any atom is -0.0857 e. The number of rotatable bonds is 2. The predicted octanol–water partition coefficient (Wildman–Crippen LogP) is 3.88. The van der Waals surface area contributed by atoms with Crippen LogP contribution in [0.2, 0.25) is 5.02 Å². The van der Waals surface area contributed by atoms with Gasteiger partial charge in [-0.3, -0.25) is 0 Å². The minimum absolute atomic E-state index is 0.606. The van der Waals surface area contributed by atoms with Gasteiger partial charge >= 0.3 is 0 Å². The third-order valence-corrected chi connectivity index (χ3v) is 3.21. The van der Waals surface area contributed by atoms with E-state index in [2.05, 4.69) is 35.6 Å². The Morgan fingerprint density at radius 1 is 1.55 bits per heavy atom. The molecule has 0 fully saturated rings. The maximum atomic E-state index is 5.84. The number of hydrogen-bond donors (Lipinski definition) is 0. The van der Waals surface area contributed by atoms with Crippen LogP contribution in [-0.2, 0) is 0 Å². The average molecular weight is 281 g/mol. The maximum Gasteiger partial charge on any atom is 0.0408 e. The molecule has 2 heteroatoms. The number of benzene rings is 1. The van der Waals surface area contributed by atoms with Crippen molar-refractivity contribution in [1.82, 2.24) is 0 Å². The fourth-order valence-electron chi connectivity index (χ4n) is 0.902. The van der Waals surface area contributed by atoms with Crippen molar-refractivity contribution in [2.24, 2.45) is 0 Å². The Morgan fingerprint density at radius 3 is 2.82 bits per heavy atom. The SMILES string of the molecule is CC(CI)c1cccc(Cl)c1. The summed E-state index contributed by atoms with van der Waals surface area (Å²) in [5.41, 5.74) is 1.33. The molecule has 60 valence electrons. The highest BCUT2D eigenvalue weighted by Gasteiger charge is 2.02. The van der Waals surface area contributed by atoms with E-state index in [0.717, 1.165) is 9.45 Å². The molecular weight excluding hydrogens is 270 g/mol. The molecule has 0 heterocycles. The van der Waals surface area contributed by atoms with Crippen LogP contribution < -0.4 is 0 Å². The van der Waals surface area contributed by atoms with Crippen molar-refractivity contribution >= 4 is 34.2 Å². The van der Waals surface area contributed by atoms with Crippen molar-refractivity contribution in [2.75, 3.05) is 4.43 Å². The first-order valence-electron chi connectivity index (χ1n) is 3.55. The first-order valence-corrected chi connectivity index (χ1v) is 5.46. The van der Waals surface area contributed by atoms with Crippen molar-refractivity contribution in [2.45, 2.75) is 12.8 Å². The molecule has 0 aliphatic carbocycles. The summed E-state index contributed by atoms with van der Waals surface area (Å²) >= 11 is 8.23. The van der Waals surface area contributed by atoms with Gasteiger partial charge < -0.3 is 0 Å². The van der Waals surface area contributed by atoms with E-state index in [-0.39, 0.29) is 0 Å². The number of alkyl halides is 1. The molecule has 0 aliphatic rings. The van der Waals surface area contributed by atoms with Gasteiger partial charge in [0.15, 0.2) is 0 Å². The first kappa shape index (κ1) is 9.33. The van der Waals surface area contributed by atoms with Gasteiger partial charge in [0.25, 0.3) is 0 Å². The molecule has 0 aliphatic heterocycles. The molecule has 0 amide bonds. The largest absolute Gasteiger partial charge is 0.0857 e. The lowest BCUT2D eigenvalue weighted by molar-refractivity contribution is 0.896. The summed E-state index contributed by atoms with van der Waals surface area (Å²) in [5, 5.41) is 0.833. The molecule has 0 spiro atoms. The molecule has 1 aromatic rings. The zero-order valence-corrected chi connectivity index (χ0v) is 9.26. The van der Waals surface area contributed by atoms with E-state index in [4.69, 9.17) is 11.6 Å². The van der Waals surface area contributed by atoms with E-state index in [1.807, 2.05) is 18.2 Å². The fourth-order valence-corrected chi connectivity index (χ4v) is 1.61. The summed E-state index contributed by atoms with van der Waals surface area (Å²) in [4.78, 5) is 0. The minimum atomic E-state index is 0.606. The smallest absolute Gasteiger partial charge is 0.0408 e. The molecule has 1 atom stereocenters. The van der Waals surface area contributed by atoms with Gasteiger partial charge in [0, 0.05) is 9.45 Å². The summed E-state index contributed by atoms with van der Waals surface area (Å²) in [6.45, 7) is 2.21. The number of halogens is 2. The van der Waals surface area contributed by atoms with E-state index in [1.54, 1.807) is 0 Å². The summed E-state index contributed by atoms with van der Waals surface area (Å²) in [7, 11) is 0. The third kappa shape index (κ3) is 2.64.